The van der Waals surface area contributed by atoms with Crippen LogP contribution in [0.3, 0.4) is 0 Å². The Hall–Kier alpha value is -11.6. The van der Waals surface area contributed by atoms with Crippen molar-refractivity contribution in [3.05, 3.63) is 474 Å². The Morgan fingerprint density at radius 3 is 1.28 bits per heavy atom. The number of rotatable bonds is 11. The van der Waals surface area contributed by atoms with Crippen molar-refractivity contribution in [3.63, 3.8) is 0 Å². The van der Waals surface area contributed by atoms with Gasteiger partial charge < -0.3 is 45.1 Å². The van der Waals surface area contributed by atoms with Crippen molar-refractivity contribution in [2.24, 2.45) is 0 Å². The molecule has 123 heavy (non-hydrogen) atoms. The van der Waals surface area contributed by atoms with Gasteiger partial charge in [-0.15, -0.1) is 172 Å². The van der Waals surface area contributed by atoms with E-state index in [0.29, 0.717) is 0 Å². The molecule has 2 N–H and O–H groups in total. The van der Waals surface area contributed by atoms with E-state index in [-0.39, 0.29) is 132 Å². The molecule has 1 aliphatic rings. The summed E-state index contributed by atoms with van der Waals surface area (Å²) in [5.74, 6) is -0.0625. The average molecular weight is 2660 g/mol. The molecule has 0 fully saturated rings. The monoisotopic (exact) mass is 2670 g/mol. The van der Waals surface area contributed by atoms with Crippen LogP contribution in [-0.2, 0) is 125 Å². The van der Waals surface area contributed by atoms with Gasteiger partial charge in [0.25, 0.3) is 0 Å². The number of nitrogens with zero attached hydrogens (tertiary/aromatic N) is 7. The minimum Gasteiger partial charge on any atom is -0.514 e. The summed E-state index contributed by atoms with van der Waals surface area (Å²) in [4.78, 5) is 36.8. The second-order valence-corrected chi connectivity index (χ2v) is 26.7. The number of ketones is 1. The Labute approximate surface area is 800 Å². The molecule has 20 rings (SSSR count). The Morgan fingerprint density at radius 2 is 0.789 bits per heavy atom. The molecule has 6 heterocycles. The van der Waals surface area contributed by atoms with Crippen molar-refractivity contribution in [1.82, 2.24) is 24.9 Å². The van der Waals surface area contributed by atoms with Crippen LogP contribution >= 0.6 is 0 Å². The van der Waals surface area contributed by atoms with Crippen molar-refractivity contribution < 1.29 is 131 Å². The third-order valence-electron chi connectivity index (χ3n) is 18.7. The van der Waals surface area contributed by atoms with Gasteiger partial charge in [0.05, 0.1) is 5.76 Å². The van der Waals surface area contributed by atoms with Gasteiger partial charge in [-0.1, -0.05) is 206 Å². The van der Waals surface area contributed by atoms with Crippen LogP contribution in [0.15, 0.2) is 431 Å². The Bertz CT molecular complexity index is 6000. The molecule has 0 atom stereocenters. The van der Waals surface area contributed by atoms with Crippen LogP contribution in [0, 0.1) is 43.1 Å². The first kappa shape index (κ1) is 96.8. The van der Waals surface area contributed by atoms with Crippen LogP contribution in [0.1, 0.15) is 13.8 Å². The summed E-state index contributed by atoms with van der Waals surface area (Å²) in [6.07, 6.45) is 10.4. The molecule has 0 unspecified atom stereocenters. The summed E-state index contributed by atoms with van der Waals surface area (Å²) in [5.41, 5.74) is 19.1. The molecule has 10 nitrogen and oxygen atoms in total. The van der Waals surface area contributed by atoms with E-state index in [1.54, 1.807) is 0 Å². The summed E-state index contributed by atoms with van der Waals surface area (Å²) in [7, 11) is 0. The molecule has 16 heteroatoms. The van der Waals surface area contributed by atoms with Crippen LogP contribution in [0.25, 0.3) is 111 Å². The van der Waals surface area contributed by atoms with E-state index in [9.17, 15) is 4.79 Å². The number of pyridine rings is 5. The first-order chi connectivity index (χ1) is 57.8. The van der Waals surface area contributed by atoms with E-state index in [1.165, 1.54) is 68.9 Å². The van der Waals surface area contributed by atoms with E-state index in [0.717, 1.165) is 95.7 Å². The van der Waals surface area contributed by atoms with Crippen LogP contribution in [0.2, 0.25) is 0 Å². The first-order valence-electron chi connectivity index (χ1n) is 38.3. The SMILES string of the molecule is CC(=O)C=C(C)O.[Ir].[Ir].[Ir].[Ir].[Ir].[Ir].[c-]1ccc(N(c2ccccc2)c2ccccc2)cc1-c1ccccn1.[c-]1ccc2ccccc2c1-c1ccccn1.[c-]1ccccc1-c1ncc(-c2ccccc2)c2ccccc12.[c-]1ccccc1-c1nccc2ccccc12.[c-]1ccccc1-c1nccc2ccccc12.[c-]1ccccc1N1[CH-]Nc2ccccc21. The minimum atomic E-state index is -0.125. The van der Waals surface area contributed by atoms with Crippen molar-refractivity contribution in [1.29, 1.82) is 0 Å². The van der Waals surface area contributed by atoms with E-state index >= 15 is 0 Å². The molecule has 19 aromatic rings. The standard InChI is InChI=1S/C23H17N2.C21H14N.3C15H10N.C13H10N2.C5H8O2.6Ir/c1-3-11-20(12-4-1)25(21-13-5-2-6-14-21)22-15-9-10-19(18-22)23-16-7-8-17-24-23;1-3-9-16(10-4-1)20-15-22-21(17-11-5-2-6-12-17)19-14-8-7-13-18(19)20;1-2-8-13-12(6-1)7-5-9-14(13)15-10-3-4-11-16-15;2*1-2-7-13(8-3-1)15-14-9-5-4-6-12(14)10-11-16-15;1-2-6-11(7-3-1)15-10-14-12-8-4-5-9-13(12)15;1-4(6)3-5(2)7;;;;;;/h1-9,11-18H;1-11,13-15H;1-8,10-11H;2*1-7,9-11H;1-6,8-10,14H;3,6H,1-2H3;;;;;;/q5*-1;-2;;;;;;;. The smallest absolute Gasteiger partial charge is 0.155 e. The van der Waals surface area contributed by atoms with Crippen LogP contribution in [-0.4, -0.2) is 35.8 Å². The zero-order valence-electron chi connectivity index (χ0n) is 66.5. The molecular weight excluding hydrogens is 2580 g/mol. The van der Waals surface area contributed by atoms with E-state index < -0.39 is 0 Å². The number of anilines is 6. The molecule has 14 aromatic carbocycles. The average Bonchev–Trinajstić information content (AvgIpc) is 1.38. The van der Waals surface area contributed by atoms with Gasteiger partial charge in [0.2, 0.25) is 0 Å². The summed E-state index contributed by atoms with van der Waals surface area (Å²) in [5, 5.41) is 21.2. The number of hydrogen-bond acceptors (Lipinski definition) is 10. The molecule has 0 amide bonds. The summed E-state index contributed by atoms with van der Waals surface area (Å²) < 4.78 is 0. The zero-order valence-corrected chi connectivity index (χ0v) is 80.8. The molecule has 0 bridgehead atoms. The summed E-state index contributed by atoms with van der Waals surface area (Å²) in [6.45, 7) is 4.80. The fraction of sp³-hybridized carbons (Fsp3) is 0.0187. The van der Waals surface area contributed by atoms with Gasteiger partial charge in [0.15, 0.2) is 5.78 Å². The molecule has 1 aliphatic heterocycles. The third kappa shape index (κ3) is 26.5. The number of benzene rings is 14. The first-order valence-corrected chi connectivity index (χ1v) is 38.3. The third-order valence-corrected chi connectivity index (χ3v) is 18.7. The number of carbonyl (C=O) groups excluding carboxylic acids is 1. The van der Waals surface area contributed by atoms with Crippen molar-refractivity contribution in [2.45, 2.75) is 13.8 Å². The number of hydrogen-bond donors (Lipinski definition) is 2. The molecule has 6 radical (unpaired) electrons. The number of allylic oxidation sites excluding steroid dienone is 2. The Kier molecular flexibility index (Phi) is 39.9. The fourth-order valence-electron chi connectivity index (χ4n) is 13.3. The Morgan fingerprint density at radius 1 is 0.358 bits per heavy atom. The number of carbonyl (C=O) groups is 1. The maximum atomic E-state index is 10.0. The summed E-state index contributed by atoms with van der Waals surface area (Å²) in [6, 6.07) is 150. The van der Waals surface area contributed by atoms with Crippen LogP contribution in [0.4, 0.5) is 34.1 Å². The number of fused-ring (bicyclic) bond motifs is 5. The minimum absolute atomic E-state index is 0. The molecule has 620 valence electrons. The van der Waals surface area contributed by atoms with Crippen molar-refractivity contribution in [2.75, 3.05) is 15.1 Å². The largest absolute Gasteiger partial charge is 0.514 e. The van der Waals surface area contributed by atoms with E-state index in [4.69, 9.17) is 10.1 Å². The topological polar surface area (TPSA) is 120 Å². The second kappa shape index (κ2) is 50.7. The quantitative estimate of drug-likeness (QED) is 0.0736. The molecule has 0 saturated heterocycles. The van der Waals surface area contributed by atoms with Gasteiger partial charge in [0, 0.05) is 186 Å². The predicted octanol–water partition coefficient (Wildman–Crippen LogP) is 26.7. The predicted molar refractivity (Wildman–Crippen MR) is 482 cm³/mol. The molecular formula is C107H79Ir6N8O2-7. The van der Waals surface area contributed by atoms with Gasteiger partial charge >= 0.3 is 0 Å². The van der Waals surface area contributed by atoms with E-state index in [2.05, 4.69) is 241 Å². The number of aliphatic hydroxyl groups is 1. The summed E-state index contributed by atoms with van der Waals surface area (Å²) >= 11 is 0. The molecule has 5 aromatic heterocycles. The molecule has 0 saturated carbocycles. The van der Waals surface area contributed by atoms with Gasteiger partial charge in [-0.05, 0) is 147 Å². The van der Waals surface area contributed by atoms with Gasteiger partial charge in [-0.3, -0.25) is 4.79 Å². The number of para-hydroxylation sites is 5. The number of nitrogens with one attached hydrogen (secondary N) is 1. The fourth-order valence-corrected chi connectivity index (χ4v) is 13.3. The zero-order chi connectivity index (χ0) is 80.0. The second-order valence-electron chi connectivity index (χ2n) is 26.7. The van der Waals surface area contributed by atoms with Crippen LogP contribution < -0.4 is 15.1 Å². The molecule has 0 spiro atoms. The normalized spacial score (nSPS) is 10.4. The number of aromatic nitrogens is 5. The number of aliphatic hydroxyl groups excluding tert-OH is 1. The van der Waals surface area contributed by atoms with Crippen LogP contribution in [0.5, 0.6) is 0 Å². The van der Waals surface area contributed by atoms with Crippen molar-refractivity contribution >= 4 is 83.0 Å². The maximum Gasteiger partial charge on any atom is 0.155 e. The maximum absolute atomic E-state index is 10.0. The van der Waals surface area contributed by atoms with Crippen molar-refractivity contribution in [3.8, 4) is 67.4 Å². The van der Waals surface area contributed by atoms with E-state index in [1.807, 2.05) is 256 Å². The van der Waals surface area contributed by atoms with Gasteiger partial charge in [-0.2, -0.15) is 37.0 Å². The molecule has 0 aliphatic carbocycles. The Balaban J connectivity index is 0.000000180. The van der Waals surface area contributed by atoms with Gasteiger partial charge in [-0.25, -0.2) is 0 Å². The van der Waals surface area contributed by atoms with Gasteiger partial charge in [0.1, 0.15) is 0 Å².